The summed E-state index contributed by atoms with van der Waals surface area (Å²) in [4.78, 5) is 12.5. The van der Waals surface area contributed by atoms with Gasteiger partial charge in [-0.15, -0.1) is 0 Å². The number of H-pyrrole nitrogens is 1. The molecule has 0 atom stereocenters. The van der Waals surface area contributed by atoms with Crippen LogP contribution in [0.5, 0.6) is 5.75 Å². The molecule has 0 spiro atoms. The Morgan fingerprint density at radius 2 is 1.71 bits per heavy atom. The first-order valence-electron chi connectivity index (χ1n) is 10.9. The van der Waals surface area contributed by atoms with Crippen molar-refractivity contribution in [3.8, 4) is 17.0 Å². The zero-order valence-corrected chi connectivity index (χ0v) is 18.3. The van der Waals surface area contributed by atoms with Gasteiger partial charge in [0.2, 0.25) is 0 Å². The van der Waals surface area contributed by atoms with Crippen LogP contribution in [0, 0.1) is 0 Å². The van der Waals surface area contributed by atoms with Crippen molar-refractivity contribution in [2.24, 2.45) is 5.10 Å². The van der Waals surface area contributed by atoms with Crippen LogP contribution < -0.4 is 10.2 Å². The fourth-order valence-corrected chi connectivity index (χ4v) is 3.59. The fraction of sp³-hybridized carbons (Fsp3) is 0.0357. The molecule has 5 aromatic rings. The maximum Gasteiger partial charge on any atom is 0.289 e. The number of amides is 1. The minimum atomic E-state index is -0.368. The lowest BCUT2D eigenvalue weighted by molar-refractivity contribution is 0.0950. The minimum Gasteiger partial charge on any atom is -0.489 e. The second-order valence-electron chi connectivity index (χ2n) is 7.77. The lowest BCUT2D eigenvalue weighted by Gasteiger charge is -2.06. The van der Waals surface area contributed by atoms with Crippen molar-refractivity contribution < 1.29 is 9.53 Å². The van der Waals surface area contributed by atoms with Gasteiger partial charge >= 0.3 is 0 Å². The van der Waals surface area contributed by atoms with E-state index in [2.05, 4.69) is 38.9 Å². The molecule has 0 saturated carbocycles. The summed E-state index contributed by atoms with van der Waals surface area (Å²) in [5, 5.41) is 13.4. The summed E-state index contributed by atoms with van der Waals surface area (Å²) < 4.78 is 5.84. The lowest BCUT2D eigenvalue weighted by atomic mass is 10.1. The third-order valence-corrected chi connectivity index (χ3v) is 5.35. The van der Waals surface area contributed by atoms with E-state index in [4.69, 9.17) is 4.74 Å². The third-order valence-electron chi connectivity index (χ3n) is 5.35. The van der Waals surface area contributed by atoms with E-state index in [1.54, 1.807) is 12.3 Å². The predicted molar refractivity (Wildman–Crippen MR) is 134 cm³/mol. The number of hydrogen-bond donors (Lipinski definition) is 2. The number of hydrazone groups is 1. The van der Waals surface area contributed by atoms with Crippen molar-refractivity contribution in [3.05, 3.63) is 120 Å². The second-order valence-corrected chi connectivity index (χ2v) is 7.77. The quantitative estimate of drug-likeness (QED) is 0.253. The Labute approximate surface area is 196 Å². The highest BCUT2D eigenvalue weighted by Crippen LogP contribution is 2.23. The van der Waals surface area contributed by atoms with Crippen LogP contribution in [0.2, 0.25) is 0 Å². The van der Waals surface area contributed by atoms with Gasteiger partial charge in [-0.25, -0.2) is 5.43 Å². The molecule has 1 amide bonds. The molecule has 1 heterocycles. The minimum absolute atomic E-state index is 0.334. The number of hydrogen-bond acceptors (Lipinski definition) is 4. The second kappa shape index (κ2) is 9.83. The molecule has 2 N–H and O–H groups in total. The molecule has 0 unspecified atom stereocenters. The number of carbonyl (C=O) groups is 1. The van der Waals surface area contributed by atoms with Gasteiger partial charge in [-0.05, 0) is 46.2 Å². The highest BCUT2D eigenvalue weighted by atomic mass is 16.5. The number of nitrogens with zero attached hydrogens (tertiary/aromatic N) is 2. The predicted octanol–water partition coefficient (Wildman–Crippen LogP) is 5.57. The summed E-state index contributed by atoms with van der Waals surface area (Å²) in [5.41, 5.74) is 6.41. The average Bonchev–Trinajstić information content (AvgIpc) is 3.39. The van der Waals surface area contributed by atoms with Crippen LogP contribution in [0.15, 0.2) is 108 Å². The molecule has 0 fully saturated rings. The van der Waals surface area contributed by atoms with Gasteiger partial charge in [0.1, 0.15) is 18.1 Å². The van der Waals surface area contributed by atoms with E-state index < -0.39 is 0 Å². The van der Waals surface area contributed by atoms with Crippen LogP contribution in [-0.2, 0) is 6.61 Å². The number of carbonyl (C=O) groups excluding carboxylic acids is 1. The van der Waals surface area contributed by atoms with Crippen molar-refractivity contribution in [1.29, 1.82) is 0 Å². The van der Waals surface area contributed by atoms with Crippen LogP contribution >= 0.6 is 0 Å². The van der Waals surface area contributed by atoms with E-state index in [1.807, 2.05) is 78.9 Å². The Morgan fingerprint density at radius 3 is 2.59 bits per heavy atom. The molecule has 4 aromatic carbocycles. The number of rotatable bonds is 7. The van der Waals surface area contributed by atoms with E-state index >= 15 is 0 Å². The van der Waals surface area contributed by atoms with E-state index in [1.165, 1.54) is 0 Å². The van der Waals surface area contributed by atoms with E-state index in [0.29, 0.717) is 18.0 Å². The molecule has 166 valence electrons. The number of benzene rings is 4. The van der Waals surface area contributed by atoms with E-state index in [-0.39, 0.29) is 5.91 Å². The van der Waals surface area contributed by atoms with Gasteiger partial charge in [-0.3, -0.25) is 9.89 Å². The Balaban J connectivity index is 1.20. The van der Waals surface area contributed by atoms with Crippen LogP contribution in [0.4, 0.5) is 0 Å². The Kier molecular flexibility index (Phi) is 6.12. The lowest BCUT2D eigenvalue weighted by Crippen LogP contribution is -2.18. The highest BCUT2D eigenvalue weighted by Gasteiger charge is 2.11. The normalized spacial score (nSPS) is 11.1. The van der Waals surface area contributed by atoms with Crippen molar-refractivity contribution in [2.45, 2.75) is 6.61 Å². The highest BCUT2D eigenvalue weighted by molar-refractivity contribution is 5.94. The molecule has 34 heavy (non-hydrogen) atoms. The van der Waals surface area contributed by atoms with Gasteiger partial charge in [0.15, 0.2) is 0 Å². The molecule has 5 rings (SSSR count). The average molecular weight is 447 g/mol. The molecule has 0 aliphatic carbocycles. The molecule has 0 radical (unpaired) electrons. The molecule has 6 nitrogen and oxygen atoms in total. The summed E-state index contributed by atoms with van der Waals surface area (Å²) in [6.07, 6.45) is 1.58. The summed E-state index contributed by atoms with van der Waals surface area (Å²) in [7, 11) is 0. The maximum atomic E-state index is 12.5. The first kappa shape index (κ1) is 21.2. The van der Waals surface area contributed by atoms with Gasteiger partial charge in [-0.1, -0.05) is 78.9 Å². The van der Waals surface area contributed by atoms with E-state index in [0.717, 1.165) is 33.2 Å². The SMILES string of the molecule is O=C(NN=Cc1cccc(OCc2ccccc2)c1)c1cc(-c2ccc3ccccc3c2)n[nH]1. The van der Waals surface area contributed by atoms with Gasteiger partial charge in [0, 0.05) is 5.56 Å². The number of aromatic amines is 1. The van der Waals surface area contributed by atoms with Crippen molar-refractivity contribution in [3.63, 3.8) is 0 Å². The summed E-state index contributed by atoms with van der Waals surface area (Å²) in [5.74, 6) is 0.361. The van der Waals surface area contributed by atoms with Crippen LogP contribution in [-0.4, -0.2) is 22.3 Å². The van der Waals surface area contributed by atoms with Crippen molar-refractivity contribution in [2.75, 3.05) is 0 Å². The summed E-state index contributed by atoms with van der Waals surface area (Å²) in [6.45, 7) is 0.484. The molecule has 0 aliphatic heterocycles. The first-order chi connectivity index (χ1) is 16.7. The van der Waals surface area contributed by atoms with Gasteiger partial charge < -0.3 is 4.74 Å². The smallest absolute Gasteiger partial charge is 0.289 e. The van der Waals surface area contributed by atoms with Crippen molar-refractivity contribution in [1.82, 2.24) is 15.6 Å². The number of nitrogens with one attached hydrogen (secondary N) is 2. The Morgan fingerprint density at radius 1 is 0.882 bits per heavy atom. The zero-order chi connectivity index (χ0) is 23.2. The maximum absolute atomic E-state index is 12.5. The van der Waals surface area contributed by atoms with Crippen LogP contribution in [0.3, 0.4) is 0 Å². The first-order valence-corrected chi connectivity index (χ1v) is 10.9. The van der Waals surface area contributed by atoms with Gasteiger partial charge in [0.25, 0.3) is 5.91 Å². The zero-order valence-electron chi connectivity index (χ0n) is 18.3. The molecular weight excluding hydrogens is 424 g/mol. The van der Waals surface area contributed by atoms with E-state index in [9.17, 15) is 4.79 Å². The topological polar surface area (TPSA) is 79.4 Å². The molecule has 1 aromatic heterocycles. The van der Waals surface area contributed by atoms with Crippen LogP contribution in [0.25, 0.3) is 22.0 Å². The molecular formula is C28H22N4O2. The van der Waals surface area contributed by atoms with Gasteiger partial charge in [0.05, 0.1) is 11.9 Å². The molecule has 0 aliphatic rings. The Bertz CT molecular complexity index is 1460. The third kappa shape index (κ3) is 5.02. The fourth-order valence-electron chi connectivity index (χ4n) is 3.59. The molecule has 0 bridgehead atoms. The monoisotopic (exact) mass is 446 g/mol. The van der Waals surface area contributed by atoms with Gasteiger partial charge in [-0.2, -0.15) is 10.2 Å². The number of fused-ring (bicyclic) bond motifs is 1. The standard InChI is InChI=1S/C28H22N4O2/c33-28(27-17-26(30-31-27)24-14-13-22-10-4-5-11-23(22)16-24)32-29-18-21-9-6-12-25(15-21)34-19-20-7-2-1-3-8-20/h1-18H,19H2,(H,30,31)(H,32,33). The Hall–Kier alpha value is -4.71. The largest absolute Gasteiger partial charge is 0.489 e. The molecule has 6 heteroatoms. The van der Waals surface area contributed by atoms with Crippen molar-refractivity contribution >= 4 is 22.9 Å². The summed E-state index contributed by atoms with van der Waals surface area (Å²) in [6, 6.07) is 33.4. The van der Waals surface area contributed by atoms with Crippen LogP contribution in [0.1, 0.15) is 21.6 Å². The summed E-state index contributed by atoms with van der Waals surface area (Å²) >= 11 is 0. The molecule has 0 saturated heterocycles. The number of ether oxygens (including phenoxy) is 1. The number of aromatic nitrogens is 2.